The van der Waals surface area contributed by atoms with Crippen LogP contribution in [0.15, 0.2) is 24.3 Å². The van der Waals surface area contributed by atoms with E-state index in [-0.39, 0.29) is 12.0 Å². The maximum absolute atomic E-state index is 12.5. The molecule has 27 heavy (non-hydrogen) atoms. The number of aryl methyl sites for hydroxylation is 1. The number of hydrogen-bond donors (Lipinski definition) is 4. The van der Waals surface area contributed by atoms with Crippen molar-refractivity contribution in [3.8, 4) is 0 Å². The highest BCUT2D eigenvalue weighted by atomic mass is 16.5. The maximum Gasteiger partial charge on any atom is 0.323 e. The predicted molar refractivity (Wildman–Crippen MR) is 112 cm³/mol. The van der Waals surface area contributed by atoms with Crippen molar-refractivity contribution < 1.29 is 9.53 Å². The Balaban J connectivity index is 2.71. The quantitative estimate of drug-likeness (QED) is 0.201. The zero-order valence-corrected chi connectivity index (χ0v) is 16.9. The summed E-state index contributed by atoms with van der Waals surface area (Å²) in [5.74, 6) is -0.181. The molecular weight excluding hydrogens is 342 g/mol. The highest BCUT2D eigenvalue weighted by molar-refractivity contribution is 5.75. The first-order valence-electron chi connectivity index (χ1n) is 9.90. The molecule has 0 aliphatic heterocycles. The van der Waals surface area contributed by atoms with Crippen molar-refractivity contribution in [1.82, 2.24) is 15.5 Å². The lowest BCUT2D eigenvalue weighted by molar-refractivity contribution is -0.147. The molecule has 0 heterocycles. The summed E-state index contributed by atoms with van der Waals surface area (Å²) < 4.78 is 5.09. The van der Waals surface area contributed by atoms with E-state index in [9.17, 15) is 4.79 Å². The normalized spacial score (nSPS) is 12.3. The number of carbonyl (C=O) groups is 1. The number of nitrogens with two attached hydrogens (primary N) is 2. The van der Waals surface area contributed by atoms with Crippen LogP contribution in [-0.4, -0.2) is 69.8 Å². The molecule has 0 aliphatic carbocycles. The number of nitrogens with one attached hydrogen (secondary N) is 2. The fourth-order valence-corrected chi connectivity index (χ4v) is 2.97. The minimum absolute atomic E-state index is 0.181. The molecule has 1 aromatic rings. The van der Waals surface area contributed by atoms with Crippen LogP contribution >= 0.6 is 0 Å². The Morgan fingerprint density at radius 3 is 2.30 bits per heavy atom. The van der Waals surface area contributed by atoms with Crippen LogP contribution in [0.25, 0.3) is 0 Å². The van der Waals surface area contributed by atoms with Gasteiger partial charge >= 0.3 is 5.97 Å². The van der Waals surface area contributed by atoms with Gasteiger partial charge in [-0.2, -0.15) is 0 Å². The minimum Gasteiger partial charge on any atom is -0.468 e. The van der Waals surface area contributed by atoms with Gasteiger partial charge < -0.3 is 26.8 Å². The van der Waals surface area contributed by atoms with E-state index >= 15 is 0 Å². The second kappa shape index (κ2) is 14.4. The van der Waals surface area contributed by atoms with Crippen molar-refractivity contribution in [3.63, 3.8) is 0 Å². The van der Waals surface area contributed by atoms with E-state index in [0.717, 1.165) is 57.8 Å². The van der Waals surface area contributed by atoms with Gasteiger partial charge in [0.1, 0.15) is 6.04 Å². The Bertz CT molecular complexity index is 498. The summed E-state index contributed by atoms with van der Waals surface area (Å²) in [5.41, 5.74) is 13.2. The van der Waals surface area contributed by atoms with Crippen molar-refractivity contribution >= 4 is 11.7 Å². The number of hydrogen-bond acceptors (Lipinski definition) is 7. The van der Waals surface area contributed by atoms with E-state index in [1.165, 1.54) is 12.7 Å². The number of carbonyl (C=O) groups excluding carboxylic acids is 1. The standard InChI is InChI=1S/C20H37N5O2/c1-3-11-23-13-15-25(16-14-24-12-10-21)19(20(26)27-2)9-6-17-4-7-18(22)8-5-17/h4-5,7-8,19,23-24H,3,6,9-16,21-22H2,1-2H3. The third-order valence-electron chi connectivity index (χ3n) is 4.50. The van der Waals surface area contributed by atoms with Gasteiger partial charge in [0.15, 0.2) is 0 Å². The first-order valence-corrected chi connectivity index (χ1v) is 9.90. The van der Waals surface area contributed by atoms with E-state index in [1.807, 2.05) is 24.3 Å². The molecular formula is C20H37N5O2. The van der Waals surface area contributed by atoms with Gasteiger partial charge in [-0.15, -0.1) is 0 Å². The van der Waals surface area contributed by atoms with Gasteiger partial charge in [-0.25, -0.2) is 0 Å². The third-order valence-corrected chi connectivity index (χ3v) is 4.50. The van der Waals surface area contributed by atoms with Gasteiger partial charge in [-0.05, 0) is 43.5 Å². The summed E-state index contributed by atoms with van der Waals surface area (Å²) in [5, 5.41) is 6.72. The largest absolute Gasteiger partial charge is 0.468 e. The molecule has 0 aliphatic rings. The molecule has 0 bridgehead atoms. The van der Waals surface area contributed by atoms with Crippen molar-refractivity contribution in [2.24, 2.45) is 5.73 Å². The lowest BCUT2D eigenvalue weighted by Gasteiger charge is -2.30. The molecule has 0 radical (unpaired) electrons. The average Bonchev–Trinajstić information content (AvgIpc) is 2.68. The number of anilines is 1. The van der Waals surface area contributed by atoms with E-state index in [2.05, 4.69) is 22.5 Å². The zero-order valence-electron chi connectivity index (χ0n) is 16.9. The Kier molecular flexibility index (Phi) is 12.5. The summed E-state index contributed by atoms with van der Waals surface area (Å²) in [6, 6.07) is 7.55. The van der Waals surface area contributed by atoms with Crippen LogP contribution in [0.4, 0.5) is 5.69 Å². The molecule has 0 amide bonds. The summed E-state index contributed by atoms with van der Waals surface area (Å²) in [6.07, 6.45) is 2.60. The number of esters is 1. The second-order valence-electron chi connectivity index (χ2n) is 6.64. The summed E-state index contributed by atoms with van der Waals surface area (Å²) in [4.78, 5) is 14.7. The molecule has 0 saturated heterocycles. The molecule has 0 fully saturated rings. The molecule has 154 valence electrons. The van der Waals surface area contributed by atoms with Gasteiger partial charge in [-0.1, -0.05) is 19.1 Å². The predicted octanol–water partition coefficient (Wildman–Crippen LogP) is 0.593. The molecule has 1 rings (SSSR count). The number of benzene rings is 1. The van der Waals surface area contributed by atoms with Crippen LogP contribution in [0.1, 0.15) is 25.3 Å². The molecule has 0 saturated carbocycles. The van der Waals surface area contributed by atoms with Crippen LogP contribution in [-0.2, 0) is 16.0 Å². The Hall–Kier alpha value is -1.67. The van der Waals surface area contributed by atoms with Crippen LogP contribution in [0.2, 0.25) is 0 Å². The smallest absolute Gasteiger partial charge is 0.323 e. The topological polar surface area (TPSA) is 106 Å². The van der Waals surface area contributed by atoms with Crippen molar-refractivity contribution in [2.75, 3.05) is 58.7 Å². The van der Waals surface area contributed by atoms with Crippen LogP contribution < -0.4 is 22.1 Å². The molecule has 1 unspecified atom stereocenters. The van der Waals surface area contributed by atoms with Gasteiger partial charge in [0.25, 0.3) is 0 Å². The van der Waals surface area contributed by atoms with Gasteiger partial charge in [0, 0.05) is 45.0 Å². The number of nitrogen functional groups attached to an aromatic ring is 1. The molecule has 6 N–H and O–H groups in total. The van der Waals surface area contributed by atoms with Crippen molar-refractivity contribution in [3.05, 3.63) is 29.8 Å². The second-order valence-corrected chi connectivity index (χ2v) is 6.64. The van der Waals surface area contributed by atoms with Crippen LogP contribution in [0.5, 0.6) is 0 Å². The fraction of sp³-hybridized carbons (Fsp3) is 0.650. The number of methoxy groups -OCH3 is 1. The van der Waals surface area contributed by atoms with Gasteiger partial charge in [0.05, 0.1) is 7.11 Å². The van der Waals surface area contributed by atoms with E-state index in [0.29, 0.717) is 13.0 Å². The van der Waals surface area contributed by atoms with E-state index in [4.69, 9.17) is 16.2 Å². The lowest BCUT2D eigenvalue weighted by Crippen LogP contribution is -2.48. The summed E-state index contributed by atoms with van der Waals surface area (Å²) in [6.45, 7) is 7.71. The summed E-state index contributed by atoms with van der Waals surface area (Å²) >= 11 is 0. The van der Waals surface area contributed by atoms with E-state index < -0.39 is 0 Å². The lowest BCUT2D eigenvalue weighted by atomic mass is 10.0. The van der Waals surface area contributed by atoms with Crippen LogP contribution in [0, 0.1) is 0 Å². The average molecular weight is 380 g/mol. The molecule has 0 spiro atoms. The Morgan fingerprint density at radius 1 is 1.11 bits per heavy atom. The maximum atomic E-state index is 12.5. The highest BCUT2D eigenvalue weighted by Gasteiger charge is 2.26. The van der Waals surface area contributed by atoms with Gasteiger partial charge in [-0.3, -0.25) is 9.69 Å². The van der Waals surface area contributed by atoms with Gasteiger partial charge in [0.2, 0.25) is 0 Å². The Morgan fingerprint density at radius 2 is 1.74 bits per heavy atom. The SMILES string of the molecule is CCCNCCN(CCNCCN)C(CCc1ccc(N)cc1)C(=O)OC. The zero-order chi connectivity index (χ0) is 19.9. The molecule has 7 nitrogen and oxygen atoms in total. The first kappa shape index (κ1) is 23.4. The monoisotopic (exact) mass is 379 g/mol. The van der Waals surface area contributed by atoms with Crippen LogP contribution in [0.3, 0.4) is 0 Å². The van der Waals surface area contributed by atoms with E-state index in [1.54, 1.807) is 0 Å². The molecule has 1 aromatic carbocycles. The first-order chi connectivity index (χ1) is 13.1. The summed E-state index contributed by atoms with van der Waals surface area (Å²) in [7, 11) is 1.46. The highest BCUT2D eigenvalue weighted by Crippen LogP contribution is 2.13. The molecule has 0 aromatic heterocycles. The third kappa shape index (κ3) is 9.72. The minimum atomic E-state index is -0.268. The van der Waals surface area contributed by atoms with Crippen molar-refractivity contribution in [2.45, 2.75) is 32.2 Å². The Labute approximate surface area is 163 Å². The van der Waals surface area contributed by atoms with Crippen molar-refractivity contribution in [1.29, 1.82) is 0 Å². The molecule has 7 heteroatoms. The fourth-order valence-electron chi connectivity index (χ4n) is 2.97. The number of rotatable bonds is 15. The number of nitrogens with zero attached hydrogens (tertiary/aromatic N) is 1. The molecule has 1 atom stereocenters. The number of ether oxygens (including phenoxy) is 1.